The fourth-order valence-electron chi connectivity index (χ4n) is 8.49. The molecule has 43 heavy (non-hydrogen) atoms. The van der Waals surface area contributed by atoms with Crippen molar-refractivity contribution in [2.24, 2.45) is 5.92 Å². The number of allylic oxidation sites excluding steroid dienone is 2. The van der Waals surface area contributed by atoms with Crippen molar-refractivity contribution in [3.05, 3.63) is 129 Å². The van der Waals surface area contributed by atoms with Crippen molar-refractivity contribution in [2.75, 3.05) is 0 Å². The number of fused-ring (bicyclic) bond motifs is 2. The first-order valence-electron chi connectivity index (χ1n) is 16.3. The van der Waals surface area contributed by atoms with Crippen molar-refractivity contribution < 1.29 is 16.5 Å². The topological polar surface area (TPSA) is 0 Å². The van der Waals surface area contributed by atoms with E-state index in [2.05, 4.69) is 156 Å². The van der Waals surface area contributed by atoms with Crippen LogP contribution in [0.4, 0.5) is 0 Å². The Hall–Kier alpha value is -2.90. The summed E-state index contributed by atoms with van der Waals surface area (Å²) in [5, 5.41) is 0. The minimum absolute atomic E-state index is 0.416. The second-order valence-corrected chi connectivity index (χ2v) is 55.2. The van der Waals surface area contributed by atoms with Crippen LogP contribution < -0.4 is 0 Å². The fourth-order valence-corrected chi connectivity index (χ4v) is 34.4. The van der Waals surface area contributed by atoms with E-state index in [-0.39, 0.29) is 0 Å². The summed E-state index contributed by atoms with van der Waals surface area (Å²) < 4.78 is 12.0. The molecule has 0 spiro atoms. The molecule has 0 N–H and O–H groups in total. The molecule has 0 nitrogen and oxygen atoms in total. The number of hydrogen-bond acceptors (Lipinski definition) is 0. The van der Waals surface area contributed by atoms with Crippen LogP contribution in [0.1, 0.15) is 72.1 Å². The van der Waals surface area contributed by atoms with Crippen molar-refractivity contribution in [3.8, 4) is 22.3 Å². The average molecular weight is 732 g/mol. The third-order valence-electron chi connectivity index (χ3n) is 11.7. The van der Waals surface area contributed by atoms with Gasteiger partial charge in [0.1, 0.15) is 0 Å². The molecule has 2 aliphatic carbocycles. The van der Waals surface area contributed by atoms with Gasteiger partial charge in [0.2, 0.25) is 0 Å². The maximum atomic E-state index is 2.91. The van der Waals surface area contributed by atoms with Gasteiger partial charge in [-0.3, -0.25) is 0 Å². The Labute approximate surface area is 258 Å². The summed E-state index contributed by atoms with van der Waals surface area (Å²) in [4.78, 5) is 0. The van der Waals surface area contributed by atoms with E-state index in [0.29, 0.717) is 13.3 Å². The molecule has 0 saturated heterocycles. The first-order chi connectivity index (χ1) is 20.3. The van der Waals surface area contributed by atoms with Crippen LogP contribution in [0, 0.1) is 33.6 Å². The molecule has 0 aromatic heterocycles. The predicted octanol–water partition coefficient (Wildman–Crippen LogP) is 12.3. The average Bonchev–Trinajstić information content (AvgIpc) is 3.62. The van der Waals surface area contributed by atoms with E-state index in [1.165, 1.54) is 66.8 Å². The van der Waals surface area contributed by atoms with E-state index in [1.54, 1.807) is 0 Å². The van der Waals surface area contributed by atoms with Crippen molar-refractivity contribution in [3.63, 3.8) is 0 Å². The molecule has 2 aliphatic rings. The molecule has 0 radical (unpaired) electrons. The van der Waals surface area contributed by atoms with E-state index >= 15 is 0 Å². The SMILES string of the molecule is Cc1cccc(-c2cccc3c2C=C[CH]3[Hf]([CH3])([CH3])([CH3])(=[CH]CC(C)C)[CH]2C=Cc3c(-c4cccc(C)c4C)cccc32)c1C. The summed E-state index contributed by atoms with van der Waals surface area (Å²) in [5.74, 6) is 0.627. The normalized spacial score (nSPS) is 18.8. The number of aryl methyl sites for hydroxylation is 2. The second kappa shape index (κ2) is 10.1. The van der Waals surface area contributed by atoms with Gasteiger partial charge >= 0.3 is 259 Å². The van der Waals surface area contributed by atoms with Crippen LogP contribution in [0.15, 0.2) is 84.9 Å². The molecule has 0 bridgehead atoms. The Morgan fingerprint density at radius 3 is 1.40 bits per heavy atom. The predicted molar refractivity (Wildman–Crippen MR) is 189 cm³/mol. The summed E-state index contributed by atoms with van der Waals surface area (Å²) in [7, 11) is 0. The molecule has 0 aliphatic heterocycles. The molecule has 0 fully saturated rings. The fraction of sp³-hybridized carbons (Fsp3) is 0.310. The quantitative estimate of drug-likeness (QED) is 0.173. The molecule has 4 aromatic carbocycles. The second-order valence-electron chi connectivity index (χ2n) is 16.2. The van der Waals surface area contributed by atoms with E-state index < -0.39 is 16.5 Å². The summed E-state index contributed by atoms with van der Waals surface area (Å²) in [6.07, 6.45) is 11.3. The van der Waals surface area contributed by atoms with E-state index in [4.69, 9.17) is 0 Å². The molecule has 6 rings (SSSR count). The van der Waals surface area contributed by atoms with Gasteiger partial charge < -0.3 is 0 Å². The Morgan fingerprint density at radius 2 is 0.977 bits per heavy atom. The third kappa shape index (κ3) is 4.69. The van der Waals surface area contributed by atoms with Crippen LogP contribution in [-0.4, -0.2) is 3.76 Å². The summed E-state index contributed by atoms with van der Waals surface area (Å²) in [5.41, 5.74) is 16.9. The Balaban J connectivity index is 1.58. The summed E-state index contributed by atoms with van der Waals surface area (Å²) in [6.45, 7) is 13.8. The first-order valence-corrected chi connectivity index (χ1v) is 33.3. The molecule has 2 atom stereocenters. The van der Waals surface area contributed by atoms with Gasteiger partial charge in [0.05, 0.1) is 0 Å². The van der Waals surface area contributed by atoms with Crippen molar-refractivity contribution in [1.29, 1.82) is 0 Å². The zero-order valence-corrected chi connectivity index (χ0v) is 31.3. The molecule has 2 unspecified atom stereocenters. The number of benzene rings is 4. The van der Waals surface area contributed by atoms with E-state index in [1.807, 2.05) is 0 Å². The number of rotatable bonds is 6. The van der Waals surface area contributed by atoms with E-state index in [9.17, 15) is 0 Å². The molecule has 0 saturated carbocycles. The monoisotopic (exact) mass is 733 g/mol. The minimum atomic E-state index is -4.54. The molecule has 0 amide bonds. The van der Waals surface area contributed by atoms with Gasteiger partial charge in [-0.25, -0.2) is 0 Å². The van der Waals surface area contributed by atoms with Gasteiger partial charge in [0, 0.05) is 0 Å². The van der Waals surface area contributed by atoms with Crippen LogP contribution in [0.5, 0.6) is 0 Å². The van der Waals surface area contributed by atoms with Gasteiger partial charge in [-0.05, 0) is 0 Å². The summed E-state index contributed by atoms with van der Waals surface area (Å²) >= 11 is -4.54. The van der Waals surface area contributed by atoms with Gasteiger partial charge in [-0.1, -0.05) is 0 Å². The Bertz CT molecular complexity index is 1800. The Kier molecular flexibility index (Phi) is 7.05. The zero-order valence-electron chi connectivity index (χ0n) is 27.8. The van der Waals surface area contributed by atoms with Crippen molar-refractivity contribution >= 4 is 15.9 Å². The number of hydrogen-bond donors (Lipinski definition) is 0. The van der Waals surface area contributed by atoms with Crippen LogP contribution in [0.3, 0.4) is 0 Å². The molecular formula is C42H49Hf. The van der Waals surface area contributed by atoms with Gasteiger partial charge in [0.15, 0.2) is 0 Å². The first kappa shape index (κ1) is 30.1. The maximum absolute atomic E-state index is 4.54. The third-order valence-corrected chi connectivity index (χ3v) is 40.8. The standard InChI is InChI=1S/2C17H15.C5H10.3CH3.Hf/c2*1-12-6-3-9-15(13(12)2)17-11-5-8-14-7-4-10-16(14)17;1-4-5(2)3;;;;/h2*3-11H,1-2H3;1,5H,4H2,2-3H3;3*1H3;. The van der Waals surface area contributed by atoms with Crippen LogP contribution in [0.2, 0.25) is 14.0 Å². The molecule has 221 valence electrons. The molecule has 0 heterocycles. The van der Waals surface area contributed by atoms with Crippen molar-refractivity contribution in [2.45, 2.75) is 69.4 Å². The molecule has 1 heteroatoms. The Morgan fingerprint density at radius 1 is 0.581 bits per heavy atom. The van der Waals surface area contributed by atoms with Crippen molar-refractivity contribution in [1.82, 2.24) is 0 Å². The van der Waals surface area contributed by atoms with Crippen LogP contribution >= 0.6 is 0 Å². The van der Waals surface area contributed by atoms with Crippen LogP contribution in [-0.2, 0) is 16.5 Å². The molecular weight excluding hydrogens is 683 g/mol. The van der Waals surface area contributed by atoms with Gasteiger partial charge in [-0.15, -0.1) is 0 Å². The zero-order chi connectivity index (χ0) is 30.8. The van der Waals surface area contributed by atoms with Crippen LogP contribution in [0.25, 0.3) is 34.4 Å². The summed E-state index contributed by atoms with van der Waals surface area (Å²) in [6, 6.07) is 27.7. The van der Waals surface area contributed by atoms with Gasteiger partial charge in [0.25, 0.3) is 0 Å². The van der Waals surface area contributed by atoms with Gasteiger partial charge in [-0.2, -0.15) is 0 Å². The molecule has 4 aromatic rings. The van der Waals surface area contributed by atoms with E-state index in [0.717, 1.165) is 6.42 Å².